The molecule has 2 atom stereocenters. The molecule has 1 aromatic carbocycles. The Kier molecular flexibility index (Phi) is 5.04. The number of anilines is 2. The molecule has 1 aromatic heterocycles. The molecule has 21 heavy (non-hydrogen) atoms. The van der Waals surface area contributed by atoms with Crippen molar-refractivity contribution in [3.63, 3.8) is 0 Å². The normalized spacial score (nSPS) is 21.1. The molecular weight excluding hydrogens is 286 g/mol. The van der Waals surface area contributed by atoms with Crippen LogP contribution in [0.4, 0.5) is 11.4 Å². The zero-order valence-corrected chi connectivity index (χ0v) is 12.5. The third-order valence-corrected chi connectivity index (χ3v) is 3.99. The summed E-state index contributed by atoms with van der Waals surface area (Å²) in [4.78, 5) is 2.27. The van der Waals surface area contributed by atoms with Crippen LogP contribution >= 0.6 is 0 Å². The van der Waals surface area contributed by atoms with Crippen LogP contribution in [0.2, 0.25) is 0 Å². The fourth-order valence-electron chi connectivity index (χ4n) is 2.92. The van der Waals surface area contributed by atoms with Crippen LogP contribution in [0.5, 0.6) is 0 Å². The number of pyridine rings is 1. The van der Waals surface area contributed by atoms with Crippen molar-refractivity contribution in [2.75, 3.05) is 23.8 Å². The number of aliphatic hydroxyl groups is 1. The summed E-state index contributed by atoms with van der Waals surface area (Å²) in [5.41, 5.74) is 7.63. The highest BCUT2D eigenvalue weighted by Gasteiger charge is 2.36. The highest BCUT2D eigenvalue weighted by atomic mass is 35.5. The topological polar surface area (TPSA) is 53.4 Å². The van der Waals surface area contributed by atoms with Gasteiger partial charge in [0.15, 0.2) is 18.4 Å². The number of rotatable bonds is 3. The first kappa shape index (κ1) is 15.6. The predicted molar refractivity (Wildman–Crippen MR) is 79.4 cm³/mol. The lowest BCUT2D eigenvalue weighted by atomic mass is 10.1. The van der Waals surface area contributed by atoms with Crippen LogP contribution < -0.4 is 27.6 Å². The van der Waals surface area contributed by atoms with Crippen LogP contribution in [-0.2, 0) is 0 Å². The molecule has 0 saturated carbocycles. The Bertz CT molecular complexity index is 561. The minimum Gasteiger partial charge on any atom is -1.00 e. The lowest BCUT2D eigenvalue weighted by molar-refractivity contribution is -0.718. The fraction of sp³-hybridized carbons (Fsp3) is 0.312. The molecule has 1 saturated heterocycles. The lowest BCUT2D eigenvalue weighted by Crippen LogP contribution is -3.00. The Morgan fingerprint density at radius 1 is 1.14 bits per heavy atom. The van der Waals surface area contributed by atoms with Gasteiger partial charge in [0, 0.05) is 29.9 Å². The zero-order valence-electron chi connectivity index (χ0n) is 11.8. The molecule has 3 rings (SSSR count). The first-order chi connectivity index (χ1) is 9.78. The molecule has 0 amide bonds. The van der Waals surface area contributed by atoms with Crippen LogP contribution in [0.3, 0.4) is 0 Å². The lowest BCUT2D eigenvalue weighted by Gasteiger charge is -2.24. The van der Waals surface area contributed by atoms with E-state index in [1.165, 1.54) is 0 Å². The molecule has 3 N–H and O–H groups in total. The smallest absolute Gasteiger partial charge is 0.177 e. The van der Waals surface area contributed by atoms with Crippen LogP contribution in [0, 0.1) is 0 Å². The number of hydrogen-bond acceptors (Lipinski definition) is 3. The predicted octanol–water partition coefficient (Wildman–Crippen LogP) is -1.63. The molecule has 0 aliphatic carbocycles. The van der Waals surface area contributed by atoms with Crippen molar-refractivity contribution in [3.05, 3.63) is 54.9 Å². The quantitative estimate of drug-likeness (QED) is 0.529. The maximum absolute atomic E-state index is 9.64. The molecule has 2 unspecified atom stereocenters. The molecule has 5 heteroatoms. The second kappa shape index (κ2) is 6.78. The van der Waals surface area contributed by atoms with Gasteiger partial charge >= 0.3 is 0 Å². The molecule has 1 aliphatic heterocycles. The third kappa shape index (κ3) is 3.28. The van der Waals surface area contributed by atoms with E-state index in [4.69, 9.17) is 5.73 Å². The summed E-state index contributed by atoms with van der Waals surface area (Å²) < 4.78 is 2.22. The highest BCUT2D eigenvalue weighted by Crippen LogP contribution is 2.29. The summed E-state index contributed by atoms with van der Waals surface area (Å²) in [6, 6.07) is 14.5. The SMILES string of the molecule is Nc1ccc(N2CC([n+]3ccccc3)CC2CO)cc1.[Cl-]. The van der Waals surface area contributed by atoms with Crippen LogP contribution in [0.15, 0.2) is 54.9 Å². The van der Waals surface area contributed by atoms with Crippen molar-refractivity contribution in [2.24, 2.45) is 0 Å². The van der Waals surface area contributed by atoms with E-state index in [0.717, 1.165) is 24.3 Å². The van der Waals surface area contributed by atoms with Gasteiger partial charge in [-0.3, -0.25) is 0 Å². The monoisotopic (exact) mass is 305 g/mol. The van der Waals surface area contributed by atoms with Crippen molar-refractivity contribution < 1.29 is 22.1 Å². The second-order valence-electron chi connectivity index (χ2n) is 5.29. The average molecular weight is 306 g/mol. The minimum atomic E-state index is 0. The molecule has 112 valence electrons. The first-order valence-corrected chi connectivity index (χ1v) is 6.97. The molecule has 2 aromatic rings. The number of nitrogen functional groups attached to an aromatic ring is 1. The Labute approximate surface area is 131 Å². The second-order valence-corrected chi connectivity index (χ2v) is 5.29. The number of nitrogens with two attached hydrogens (primary N) is 1. The molecule has 1 aliphatic rings. The van der Waals surface area contributed by atoms with E-state index >= 15 is 0 Å². The van der Waals surface area contributed by atoms with E-state index in [9.17, 15) is 5.11 Å². The average Bonchev–Trinajstić information content (AvgIpc) is 2.93. The number of aliphatic hydroxyl groups excluding tert-OH is 1. The molecule has 1 fully saturated rings. The largest absolute Gasteiger partial charge is 1.00 e. The van der Waals surface area contributed by atoms with Gasteiger partial charge in [-0.05, 0) is 24.3 Å². The van der Waals surface area contributed by atoms with Gasteiger partial charge in [0.1, 0.15) is 0 Å². The molecule has 0 bridgehead atoms. The number of halogens is 1. The van der Waals surface area contributed by atoms with Gasteiger partial charge in [-0.25, -0.2) is 4.57 Å². The van der Waals surface area contributed by atoms with Gasteiger partial charge < -0.3 is 28.1 Å². The van der Waals surface area contributed by atoms with E-state index < -0.39 is 0 Å². The zero-order chi connectivity index (χ0) is 13.9. The molecule has 0 radical (unpaired) electrons. The number of aromatic nitrogens is 1. The van der Waals surface area contributed by atoms with Gasteiger partial charge in [0.25, 0.3) is 0 Å². The Hall–Kier alpha value is -1.78. The summed E-state index contributed by atoms with van der Waals surface area (Å²) in [5.74, 6) is 0. The fourth-order valence-corrected chi connectivity index (χ4v) is 2.92. The van der Waals surface area contributed by atoms with E-state index in [1.807, 2.05) is 42.5 Å². The standard InChI is InChI=1S/C16H20N3O.ClH/c17-13-4-6-14(7-5-13)19-11-15(10-16(19)12-20)18-8-2-1-3-9-18;/h1-9,15-16,20H,10-12,17H2;1H/q+1;/p-1. The summed E-state index contributed by atoms with van der Waals surface area (Å²) in [5, 5.41) is 9.64. The summed E-state index contributed by atoms with van der Waals surface area (Å²) >= 11 is 0. The van der Waals surface area contributed by atoms with Gasteiger partial charge in [-0.1, -0.05) is 6.07 Å². The third-order valence-electron chi connectivity index (χ3n) is 3.99. The maximum Gasteiger partial charge on any atom is 0.177 e. The maximum atomic E-state index is 9.64. The van der Waals surface area contributed by atoms with Gasteiger partial charge in [0.05, 0.1) is 19.2 Å². The summed E-state index contributed by atoms with van der Waals surface area (Å²) in [6.07, 6.45) is 5.13. The van der Waals surface area contributed by atoms with E-state index in [2.05, 4.69) is 21.9 Å². The Morgan fingerprint density at radius 2 is 1.81 bits per heavy atom. The van der Waals surface area contributed by atoms with Crippen molar-refractivity contribution in [1.29, 1.82) is 0 Å². The summed E-state index contributed by atoms with van der Waals surface area (Å²) in [6.45, 7) is 1.08. The molecule has 2 heterocycles. The molecule has 4 nitrogen and oxygen atoms in total. The number of nitrogens with zero attached hydrogens (tertiary/aromatic N) is 2. The number of benzene rings is 1. The van der Waals surface area contributed by atoms with E-state index in [1.54, 1.807) is 0 Å². The van der Waals surface area contributed by atoms with Crippen molar-refractivity contribution in [3.8, 4) is 0 Å². The van der Waals surface area contributed by atoms with Crippen LogP contribution in [0.1, 0.15) is 12.5 Å². The Morgan fingerprint density at radius 3 is 2.43 bits per heavy atom. The molecular formula is C16H20ClN3O. The number of hydrogen-bond donors (Lipinski definition) is 2. The van der Waals surface area contributed by atoms with Crippen LogP contribution in [-0.4, -0.2) is 24.3 Å². The van der Waals surface area contributed by atoms with Crippen molar-refractivity contribution in [2.45, 2.75) is 18.5 Å². The van der Waals surface area contributed by atoms with Crippen molar-refractivity contribution >= 4 is 11.4 Å². The van der Waals surface area contributed by atoms with E-state index in [-0.39, 0.29) is 25.1 Å². The van der Waals surface area contributed by atoms with E-state index in [0.29, 0.717) is 6.04 Å². The van der Waals surface area contributed by atoms with Gasteiger partial charge in [-0.2, -0.15) is 0 Å². The highest BCUT2D eigenvalue weighted by molar-refractivity contribution is 5.54. The first-order valence-electron chi connectivity index (χ1n) is 6.97. The van der Waals surface area contributed by atoms with Crippen LogP contribution in [0.25, 0.3) is 0 Å². The molecule has 0 spiro atoms. The van der Waals surface area contributed by atoms with Crippen molar-refractivity contribution in [1.82, 2.24) is 0 Å². The van der Waals surface area contributed by atoms with Gasteiger partial charge in [0.2, 0.25) is 0 Å². The minimum absolute atomic E-state index is 0. The van der Waals surface area contributed by atoms with Gasteiger partial charge in [-0.15, -0.1) is 0 Å². The Balaban J connectivity index is 0.00000161. The summed E-state index contributed by atoms with van der Waals surface area (Å²) in [7, 11) is 0.